The number of nitrogens with zero attached hydrogens (tertiary/aromatic N) is 1. The first kappa shape index (κ1) is 17.7. The Kier molecular flexibility index (Phi) is 6.95. The van der Waals surface area contributed by atoms with Crippen LogP contribution in [0.2, 0.25) is 0 Å². The number of benzene rings is 2. The van der Waals surface area contributed by atoms with Gasteiger partial charge >= 0.3 is 0 Å². The quantitative estimate of drug-likeness (QED) is 0.466. The Morgan fingerprint density at radius 3 is 2.46 bits per heavy atom. The topological polar surface area (TPSA) is 54.9 Å². The number of para-hydroxylation sites is 1. The lowest BCUT2D eigenvalue weighted by Crippen LogP contribution is -2.38. The van der Waals surface area contributed by atoms with E-state index in [0.717, 1.165) is 28.6 Å². The van der Waals surface area contributed by atoms with Crippen molar-refractivity contribution in [2.45, 2.75) is 13.5 Å². The molecular weight excluding hydrogens is 302 g/mol. The van der Waals surface area contributed by atoms with Gasteiger partial charge in [-0.25, -0.2) is 0 Å². The fraction of sp³-hybridized carbons (Fsp3) is 0.316. The molecule has 0 radical (unpaired) electrons. The summed E-state index contributed by atoms with van der Waals surface area (Å²) in [5.41, 5.74) is 2.30. The summed E-state index contributed by atoms with van der Waals surface area (Å²) in [4.78, 5) is 4.21. The minimum Gasteiger partial charge on any atom is -0.497 e. The number of guanidine groups is 1. The van der Waals surface area contributed by atoms with Crippen molar-refractivity contribution in [1.29, 1.82) is 0 Å². The van der Waals surface area contributed by atoms with E-state index in [4.69, 9.17) is 9.47 Å². The molecule has 0 aliphatic carbocycles. The van der Waals surface area contributed by atoms with Crippen molar-refractivity contribution in [3.63, 3.8) is 0 Å². The highest BCUT2D eigenvalue weighted by Gasteiger charge is 2.00. The van der Waals surface area contributed by atoms with Crippen molar-refractivity contribution in [3.8, 4) is 11.5 Å². The first-order valence-corrected chi connectivity index (χ1v) is 7.99. The second-order valence-electron chi connectivity index (χ2n) is 5.31. The van der Waals surface area contributed by atoms with Gasteiger partial charge in [0.15, 0.2) is 5.96 Å². The number of methoxy groups -OCH3 is 1. The average molecular weight is 327 g/mol. The van der Waals surface area contributed by atoms with Crippen LogP contribution in [0.4, 0.5) is 0 Å². The van der Waals surface area contributed by atoms with Crippen molar-refractivity contribution >= 4 is 5.96 Å². The fourth-order valence-corrected chi connectivity index (χ4v) is 2.20. The van der Waals surface area contributed by atoms with Gasteiger partial charge in [-0.15, -0.1) is 0 Å². The zero-order valence-electron chi connectivity index (χ0n) is 14.5. The summed E-state index contributed by atoms with van der Waals surface area (Å²) >= 11 is 0. The van der Waals surface area contributed by atoms with Crippen LogP contribution in [0.1, 0.15) is 11.1 Å². The molecule has 2 aromatic carbocycles. The predicted molar refractivity (Wildman–Crippen MR) is 97.9 cm³/mol. The Morgan fingerprint density at radius 2 is 1.79 bits per heavy atom. The molecule has 0 unspecified atom stereocenters. The third kappa shape index (κ3) is 5.50. The lowest BCUT2D eigenvalue weighted by atomic mass is 10.2. The Balaban J connectivity index is 1.71. The van der Waals surface area contributed by atoms with Crippen LogP contribution >= 0.6 is 0 Å². The molecule has 5 nitrogen and oxygen atoms in total. The van der Waals surface area contributed by atoms with Gasteiger partial charge in [0, 0.05) is 13.6 Å². The van der Waals surface area contributed by atoms with Crippen LogP contribution in [-0.2, 0) is 6.54 Å². The van der Waals surface area contributed by atoms with Gasteiger partial charge in [0.25, 0.3) is 0 Å². The zero-order valence-corrected chi connectivity index (χ0v) is 14.5. The van der Waals surface area contributed by atoms with E-state index < -0.39 is 0 Å². The first-order valence-electron chi connectivity index (χ1n) is 7.99. The van der Waals surface area contributed by atoms with E-state index in [2.05, 4.69) is 15.6 Å². The van der Waals surface area contributed by atoms with E-state index in [1.54, 1.807) is 14.2 Å². The van der Waals surface area contributed by atoms with E-state index in [-0.39, 0.29) is 0 Å². The Bertz CT molecular complexity index is 654. The van der Waals surface area contributed by atoms with Crippen molar-refractivity contribution in [2.24, 2.45) is 4.99 Å². The Morgan fingerprint density at radius 1 is 1.04 bits per heavy atom. The molecule has 0 aliphatic heterocycles. The molecule has 0 spiro atoms. The molecule has 24 heavy (non-hydrogen) atoms. The normalized spacial score (nSPS) is 11.0. The van der Waals surface area contributed by atoms with E-state index >= 15 is 0 Å². The maximum absolute atomic E-state index is 5.76. The summed E-state index contributed by atoms with van der Waals surface area (Å²) in [6, 6.07) is 16.0. The van der Waals surface area contributed by atoms with Gasteiger partial charge in [-0.3, -0.25) is 4.99 Å². The van der Waals surface area contributed by atoms with Crippen molar-refractivity contribution < 1.29 is 9.47 Å². The highest BCUT2D eigenvalue weighted by Crippen LogP contribution is 2.15. The number of hydrogen-bond donors (Lipinski definition) is 2. The number of hydrogen-bond acceptors (Lipinski definition) is 3. The van der Waals surface area contributed by atoms with E-state index in [0.29, 0.717) is 19.7 Å². The van der Waals surface area contributed by atoms with Crippen molar-refractivity contribution in [3.05, 3.63) is 59.7 Å². The monoisotopic (exact) mass is 327 g/mol. The number of rotatable bonds is 7. The maximum Gasteiger partial charge on any atom is 0.191 e. The predicted octanol–water partition coefficient (Wildman–Crippen LogP) is 2.75. The van der Waals surface area contributed by atoms with Crippen LogP contribution in [0.25, 0.3) is 0 Å². The van der Waals surface area contributed by atoms with Gasteiger partial charge in [0.05, 0.1) is 13.7 Å². The van der Waals surface area contributed by atoms with Gasteiger partial charge < -0.3 is 20.1 Å². The molecule has 0 saturated heterocycles. The summed E-state index contributed by atoms with van der Waals surface area (Å²) in [5, 5.41) is 6.52. The second kappa shape index (κ2) is 9.45. The van der Waals surface area contributed by atoms with Crippen LogP contribution in [0.5, 0.6) is 11.5 Å². The Hall–Kier alpha value is -2.69. The van der Waals surface area contributed by atoms with Gasteiger partial charge in [-0.2, -0.15) is 0 Å². The molecule has 0 bridgehead atoms. The van der Waals surface area contributed by atoms with Gasteiger partial charge in [-0.1, -0.05) is 30.3 Å². The first-order chi connectivity index (χ1) is 11.7. The highest BCUT2D eigenvalue weighted by atomic mass is 16.5. The SMILES string of the molecule is CN=C(NCCOc1ccccc1C)NCc1ccc(OC)cc1. The van der Waals surface area contributed by atoms with Gasteiger partial charge in [0.2, 0.25) is 0 Å². The number of aliphatic imine (C=N–C) groups is 1. The van der Waals surface area contributed by atoms with Crippen LogP contribution in [0, 0.1) is 6.92 Å². The minimum absolute atomic E-state index is 0.577. The van der Waals surface area contributed by atoms with Crippen LogP contribution in [-0.4, -0.2) is 33.3 Å². The molecular formula is C19H25N3O2. The lowest BCUT2D eigenvalue weighted by Gasteiger charge is -2.13. The third-order valence-corrected chi connectivity index (χ3v) is 3.59. The van der Waals surface area contributed by atoms with E-state index in [1.165, 1.54) is 0 Å². The molecule has 2 rings (SSSR count). The third-order valence-electron chi connectivity index (χ3n) is 3.59. The Labute approximate surface area is 143 Å². The highest BCUT2D eigenvalue weighted by molar-refractivity contribution is 5.79. The second-order valence-corrected chi connectivity index (χ2v) is 5.31. The minimum atomic E-state index is 0.577. The summed E-state index contributed by atoms with van der Waals surface area (Å²) < 4.78 is 10.9. The fourth-order valence-electron chi connectivity index (χ4n) is 2.20. The molecule has 0 heterocycles. The van der Waals surface area contributed by atoms with Crippen molar-refractivity contribution in [1.82, 2.24) is 10.6 Å². The molecule has 0 amide bonds. The average Bonchev–Trinajstić information content (AvgIpc) is 2.63. The molecule has 0 saturated carbocycles. The summed E-state index contributed by atoms with van der Waals surface area (Å²) in [6.07, 6.45) is 0. The lowest BCUT2D eigenvalue weighted by molar-refractivity contribution is 0.320. The van der Waals surface area contributed by atoms with Gasteiger partial charge in [0.1, 0.15) is 18.1 Å². The van der Waals surface area contributed by atoms with Crippen molar-refractivity contribution in [2.75, 3.05) is 27.3 Å². The molecule has 128 valence electrons. The molecule has 2 N–H and O–H groups in total. The van der Waals surface area contributed by atoms with E-state index in [1.807, 2.05) is 55.5 Å². The molecule has 2 aromatic rings. The molecule has 0 aromatic heterocycles. The summed E-state index contributed by atoms with van der Waals surface area (Å²) in [6.45, 7) is 3.99. The van der Waals surface area contributed by atoms with Crippen LogP contribution in [0.3, 0.4) is 0 Å². The largest absolute Gasteiger partial charge is 0.497 e. The van der Waals surface area contributed by atoms with Gasteiger partial charge in [-0.05, 0) is 36.2 Å². The maximum atomic E-state index is 5.76. The van der Waals surface area contributed by atoms with Crippen LogP contribution in [0.15, 0.2) is 53.5 Å². The molecule has 0 aliphatic rings. The van der Waals surface area contributed by atoms with E-state index in [9.17, 15) is 0 Å². The summed E-state index contributed by atoms with van der Waals surface area (Å²) in [5.74, 6) is 2.52. The number of ether oxygens (including phenoxy) is 2. The number of nitrogens with one attached hydrogen (secondary N) is 2. The molecule has 0 atom stereocenters. The molecule has 0 fully saturated rings. The zero-order chi connectivity index (χ0) is 17.2. The summed E-state index contributed by atoms with van der Waals surface area (Å²) in [7, 11) is 3.42. The van der Waals surface area contributed by atoms with Crippen LogP contribution < -0.4 is 20.1 Å². The standard InChI is InChI=1S/C19H25N3O2/c1-15-6-4-5-7-18(15)24-13-12-21-19(20-2)22-14-16-8-10-17(23-3)11-9-16/h4-11H,12-14H2,1-3H3,(H2,20,21,22). The number of aryl methyl sites for hydroxylation is 1. The molecule has 5 heteroatoms. The smallest absolute Gasteiger partial charge is 0.191 e.